The molecule has 0 bridgehead atoms. The number of hydrogen-bond donors (Lipinski definition) is 1. The van der Waals surface area contributed by atoms with E-state index >= 15 is 0 Å². The Bertz CT molecular complexity index is 361. The normalized spacial score (nSPS) is 17.4. The van der Waals surface area contributed by atoms with Crippen molar-refractivity contribution in [2.24, 2.45) is 5.92 Å². The molecule has 0 saturated heterocycles. The van der Waals surface area contributed by atoms with E-state index in [1.165, 1.54) is 19.3 Å². The molecule has 1 nitrogen and oxygen atoms in total. The standard InChI is InChI=1S/C13H17Cl2N/c1-9(16-8-7-10-5-6-10)11-3-2-4-12(14)13(11)15/h2-4,9-10,16H,5-8H2,1H3. The van der Waals surface area contributed by atoms with Crippen LogP contribution in [0.4, 0.5) is 0 Å². The van der Waals surface area contributed by atoms with Gasteiger partial charge in [0, 0.05) is 6.04 Å². The van der Waals surface area contributed by atoms with E-state index < -0.39 is 0 Å². The van der Waals surface area contributed by atoms with Crippen LogP contribution in [0.1, 0.15) is 37.8 Å². The van der Waals surface area contributed by atoms with Crippen LogP contribution in [-0.4, -0.2) is 6.54 Å². The molecule has 0 radical (unpaired) electrons. The monoisotopic (exact) mass is 257 g/mol. The van der Waals surface area contributed by atoms with Crippen molar-refractivity contribution in [1.29, 1.82) is 0 Å². The number of rotatable bonds is 5. The molecule has 0 spiro atoms. The van der Waals surface area contributed by atoms with Gasteiger partial charge in [0.05, 0.1) is 10.0 Å². The van der Waals surface area contributed by atoms with Gasteiger partial charge in [-0.15, -0.1) is 0 Å². The van der Waals surface area contributed by atoms with Crippen LogP contribution in [0.3, 0.4) is 0 Å². The van der Waals surface area contributed by atoms with Gasteiger partial charge >= 0.3 is 0 Å². The Morgan fingerprint density at radius 1 is 1.38 bits per heavy atom. The van der Waals surface area contributed by atoms with Crippen molar-refractivity contribution in [1.82, 2.24) is 5.32 Å². The van der Waals surface area contributed by atoms with Crippen molar-refractivity contribution in [2.45, 2.75) is 32.2 Å². The summed E-state index contributed by atoms with van der Waals surface area (Å²) in [5.74, 6) is 0.967. The maximum atomic E-state index is 6.17. The molecular formula is C13H17Cl2N. The summed E-state index contributed by atoms with van der Waals surface area (Å²) in [6.07, 6.45) is 4.10. The highest BCUT2D eigenvalue weighted by atomic mass is 35.5. The zero-order valence-corrected chi connectivity index (χ0v) is 11.0. The summed E-state index contributed by atoms with van der Waals surface area (Å²) in [4.78, 5) is 0. The first-order chi connectivity index (χ1) is 7.68. The second-order valence-corrected chi connectivity index (χ2v) is 5.34. The molecule has 1 N–H and O–H groups in total. The fourth-order valence-electron chi connectivity index (χ4n) is 1.88. The molecule has 1 aromatic carbocycles. The molecule has 1 fully saturated rings. The molecule has 16 heavy (non-hydrogen) atoms. The van der Waals surface area contributed by atoms with Crippen LogP contribution in [0.2, 0.25) is 10.0 Å². The number of halogens is 2. The molecule has 0 amide bonds. The molecule has 1 aliphatic carbocycles. The molecule has 1 unspecified atom stereocenters. The predicted octanol–water partition coefficient (Wildman–Crippen LogP) is 4.44. The van der Waals surface area contributed by atoms with Gasteiger partial charge in [-0.05, 0) is 37.4 Å². The highest BCUT2D eigenvalue weighted by Gasteiger charge is 2.20. The van der Waals surface area contributed by atoms with Crippen LogP contribution in [-0.2, 0) is 0 Å². The topological polar surface area (TPSA) is 12.0 Å². The zero-order chi connectivity index (χ0) is 11.5. The predicted molar refractivity (Wildman–Crippen MR) is 70.2 cm³/mol. The summed E-state index contributed by atoms with van der Waals surface area (Å²) in [6, 6.07) is 6.07. The lowest BCUT2D eigenvalue weighted by atomic mass is 10.1. The summed E-state index contributed by atoms with van der Waals surface area (Å²) in [5, 5.41) is 4.81. The molecule has 0 heterocycles. The molecule has 0 aromatic heterocycles. The van der Waals surface area contributed by atoms with Gasteiger partial charge in [0.15, 0.2) is 0 Å². The molecule has 2 rings (SSSR count). The first kappa shape index (κ1) is 12.2. The fourth-order valence-corrected chi connectivity index (χ4v) is 2.35. The van der Waals surface area contributed by atoms with Gasteiger partial charge in [-0.25, -0.2) is 0 Å². The van der Waals surface area contributed by atoms with Gasteiger partial charge in [-0.1, -0.05) is 48.2 Å². The lowest BCUT2D eigenvalue weighted by molar-refractivity contribution is 0.540. The minimum absolute atomic E-state index is 0.268. The van der Waals surface area contributed by atoms with Crippen LogP contribution >= 0.6 is 23.2 Å². The van der Waals surface area contributed by atoms with Crippen LogP contribution in [0.5, 0.6) is 0 Å². The van der Waals surface area contributed by atoms with Crippen LogP contribution in [0, 0.1) is 5.92 Å². The second-order valence-electron chi connectivity index (χ2n) is 4.55. The van der Waals surface area contributed by atoms with Crippen LogP contribution in [0.15, 0.2) is 18.2 Å². The first-order valence-electron chi connectivity index (χ1n) is 5.85. The Morgan fingerprint density at radius 2 is 2.12 bits per heavy atom. The highest BCUT2D eigenvalue weighted by molar-refractivity contribution is 6.42. The fraction of sp³-hybridized carbons (Fsp3) is 0.538. The van der Waals surface area contributed by atoms with E-state index in [9.17, 15) is 0 Å². The highest BCUT2D eigenvalue weighted by Crippen LogP contribution is 2.33. The van der Waals surface area contributed by atoms with E-state index in [2.05, 4.69) is 12.2 Å². The molecule has 1 saturated carbocycles. The van der Waals surface area contributed by atoms with Gasteiger partial charge in [-0.2, -0.15) is 0 Å². The third kappa shape index (κ3) is 3.13. The van der Waals surface area contributed by atoms with Crippen molar-refractivity contribution in [2.75, 3.05) is 6.54 Å². The minimum Gasteiger partial charge on any atom is -0.310 e. The van der Waals surface area contributed by atoms with Crippen molar-refractivity contribution in [3.63, 3.8) is 0 Å². The maximum Gasteiger partial charge on any atom is 0.0639 e. The van der Waals surface area contributed by atoms with E-state index in [0.29, 0.717) is 10.0 Å². The van der Waals surface area contributed by atoms with Crippen molar-refractivity contribution < 1.29 is 0 Å². The van der Waals surface area contributed by atoms with Crippen LogP contribution < -0.4 is 5.32 Å². The average Bonchev–Trinajstić information content (AvgIpc) is 3.06. The average molecular weight is 258 g/mol. The van der Waals surface area contributed by atoms with E-state index in [4.69, 9.17) is 23.2 Å². The zero-order valence-electron chi connectivity index (χ0n) is 9.47. The largest absolute Gasteiger partial charge is 0.310 e. The third-order valence-corrected chi connectivity index (χ3v) is 3.98. The number of hydrogen-bond acceptors (Lipinski definition) is 1. The Hall–Kier alpha value is -0.240. The van der Waals surface area contributed by atoms with E-state index in [-0.39, 0.29) is 6.04 Å². The summed E-state index contributed by atoms with van der Waals surface area (Å²) < 4.78 is 0. The van der Waals surface area contributed by atoms with Crippen molar-refractivity contribution in [3.05, 3.63) is 33.8 Å². The Balaban J connectivity index is 1.91. The molecule has 1 aliphatic rings. The second kappa shape index (κ2) is 5.39. The van der Waals surface area contributed by atoms with E-state index in [0.717, 1.165) is 18.0 Å². The van der Waals surface area contributed by atoms with Gasteiger partial charge in [0.25, 0.3) is 0 Å². The van der Waals surface area contributed by atoms with E-state index in [1.54, 1.807) is 0 Å². The maximum absolute atomic E-state index is 6.17. The summed E-state index contributed by atoms with van der Waals surface area (Å²) in [6.45, 7) is 3.19. The molecule has 3 heteroatoms. The first-order valence-corrected chi connectivity index (χ1v) is 6.61. The molecule has 88 valence electrons. The van der Waals surface area contributed by atoms with Crippen LogP contribution in [0.25, 0.3) is 0 Å². The SMILES string of the molecule is CC(NCCC1CC1)c1cccc(Cl)c1Cl. The quantitative estimate of drug-likeness (QED) is 0.823. The number of nitrogens with one attached hydrogen (secondary N) is 1. The minimum atomic E-state index is 0.268. The lowest BCUT2D eigenvalue weighted by Crippen LogP contribution is -2.20. The van der Waals surface area contributed by atoms with Crippen molar-refractivity contribution >= 4 is 23.2 Å². The Labute approximate surface area is 107 Å². The Kier molecular flexibility index (Phi) is 4.12. The van der Waals surface area contributed by atoms with Gasteiger partial charge < -0.3 is 5.32 Å². The van der Waals surface area contributed by atoms with E-state index in [1.807, 2.05) is 18.2 Å². The number of benzene rings is 1. The lowest BCUT2D eigenvalue weighted by Gasteiger charge is -2.16. The molecule has 1 atom stereocenters. The summed E-state index contributed by atoms with van der Waals surface area (Å²) >= 11 is 12.2. The summed E-state index contributed by atoms with van der Waals surface area (Å²) in [7, 11) is 0. The van der Waals surface area contributed by atoms with Gasteiger partial charge in [0.2, 0.25) is 0 Å². The smallest absolute Gasteiger partial charge is 0.0639 e. The van der Waals surface area contributed by atoms with Gasteiger partial charge in [-0.3, -0.25) is 0 Å². The molecule has 0 aliphatic heterocycles. The van der Waals surface area contributed by atoms with Crippen molar-refractivity contribution in [3.8, 4) is 0 Å². The Morgan fingerprint density at radius 3 is 2.81 bits per heavy atom. The third-order valence-electron chi connectivity index (χ3n) is 3.15. The molecular weight excluding hydrogens is 241 g/mol. The summed E-state index contributed by atoms with van der Waals surface area (Å²) in [5.41, 5.74) is 1.09. The molecule has 1 aromatic rings. The van der Waals surface area contributed by atoms with Gasteiger partial charge in [0.1, 0.15) is 0 Å².